The lowest BCUT2D eigenvalue weighted by Crippen LogP contribution is -2.14. The molecule has 0 fully saturated rings. The Balaban J connectivity index is 1.66. The van der Waals surface area contributed by atoms with Crippen LogP contribution in [-0.4, -0.2) is 26.4 Å². The number of nitrogens with one attached hydrogen (secondary N) is 1. The predicted molar refractivity (Wildman–Crippen MR) is 96.6 cm³/mol. The molecule has 0 spiro atoms. The van der Waals surface area contributed by atoms with Crippen molar-refractivity contribution >= 4 is 23.4 Å². The Labute approximate surface area is 149 Å². The van der Waals surface area contributed by atoms with Crippen molar-refractivity contribution in [2.24, 2.45) is 0 Å². The first-order valence-electron chi connectivity index (χ1n) is 7.69. The molecule has 3 rings (SSSR count). The van der Waals surface area contributed by atoms with Crippen LogP contribution in [0.25, 0.3) is 5.69 Å². The van der Waals surface area contributed by atoms with Crippen LogP contribution in [-0.2, 0) is 4.79 Å². The van der Waals surface area contributed by atoms with Crippen molar-refractivity contribution in [3.05, 3.63) is 65.7 Å². The van der Waals surface area contributed by atoms with Crippen molar-refractivity contribution in [3.8, 4) is 5.69 Å². The summed E-state index contributed by atoms with van der Waals surface area (Å²) in [6.45, 7) is 3.68. The highest BCUT2D eigenvalue weighted by molar-refractivity contribution is 7.99. The van der Waals surface area contributed by atoms with E-state index in [9.17, 15) is 9.18 Å². The third-order valence-electron chi connectivity index (χ3n) is 3.68. The largest absolute Gasteiger partial charge is 0.325 e. The molecule has 0 saturated carbocycles. The summed E-state index contributed by atoms with van der Waals surface area (Å²) < 4.78 is 15.4. The van der Waals surface area contributed by atoms with Crippen LogP contribution in [0.15, 0.2) is 53.9 Å². The minimum absolute atomic E-state index is 0.153. The summed E-state index contributed by atoms with van der Waals surface area (Å²) in [6, 6.07) is 12.5. The zero-order valence-electron chi connectivity index (χ0n) is 13.9. The van der Waals surface area contributed by atoms with Gasteiger partial charge in [0.15, 0.2) is 5.16 Å². The topological polar surface area (TPSA) is 59.8 Å². The molecule has 0 unspecified atom stereocenters. The van der Waals surface area contributed by atoms with Crippen LogP contribution < -0.4 is 5.32 Å². The highest BCUT2D eigenvalue weighted by atomic mass is 32.2. The lowest BCUT2D eigenvalue weighted by molar-refractivity contribution is -0.113. The number of carbonyl (C=O) groups excluding carboxylic acids is 1. The summed E-state index contributed by atoms with van der Waals surface area (Å²) in [5, 5.41) is 11.3. The van der Waals surface area contributed by atoms with Crippen LogP contribution in [0, 0.1) is 19.7 Å². The Hall–Kier alpha value is -2.67. The fourth-order valence-electron chi connectivity index (χ4n) is 2.32. The number of amides is 1. The molecule has 0 aliphatic rings. The Morgan fingerprint density at radius 2 is 2.00 bits per heavy atom. The number of rotatable bonds is 5. The zero-order valence-corrected chi connectivity index (χ0v) is 14.7. The third kappa shape index (κ3) is 4.06. The standard InChI is InChI=1S/C18H17FN4OS/c1-12-7-8-14(9-15(12)19)21-17(24)10-25-18-22-20-11-23(18)16-6-4-3-5-13(16)2/h3-9,11H,10H2,1-2H3,(H,21,24). The van der Waals surface area contributed by atoms with Gasteiger partial charge in [0, 0.05) is 5.69 Å². The number of aryl methyl sites for hydroxylation is 2. The minimum atomic E-state index is -0.343. The van der Waals surface area contributed by atoms with E-state index in [1.54, 1.807) is 25.4 Å². The summed E-state index contributed by atoms with van der Waals surface area (Å²) in [5.41, 5.74) is 3.03. The lowest BCUT2D eigenvalue weighted by Gasteiger charge is -2.09. The fraction of sp³-hybridized carbons (Fsp3) is 0.167. The maximum Gasteiger partial charge on any atom is 0.234 e. The average Bonchev–Trinajstić information content (AvgIpc) is 3.05. The van der Waals surface area contributed by atoms with Crippen LogP contribution in [0.3, 0.4) is 0 Å². The van der Waals surface area contributed by atoms with Crippen LogP contribution >= 0.6 is 11.8 Å². The van der Waals surface area contributed by atoms with Gasteiger partial charge in [-0.05, 0) is 43.2 Å². The van der Waals surface area contributed by atoms with Gasteiger partial charge in [0.1, 0.15) is 12.1 Å². The van der Waals surface area contributed by atoms with Crippen molar-refractivity contribution in [1.82, 2.24) is 14.8 Å². The number of anilines is 1. The second-order valence-electron chi connectivity index (χ2n) is 5.57. The molecule has 1 aromatic heterocycles. The summed E-state index contributed by atoms with van der Waals surface area (Å²) in [4.78, 5) is 12.1. The van der Waals surface area contributed by atoms with Crippen molar-refractivity contribution in [2.75, 3.05) is 11.1 Å². The number of hydrogen-bond donors (Lipinski definition) is 1. The quantitative estimate of drug-likeness (QED) is 0.707. The molecule has 0 saturated heterocycles. The monoisotopic (exact) mass is 356 g/mol. The van der Waals surface area contributed by atoms with E-state index in [0.717, 1.165) is 11.3 Å². The number of thioether (sulfide) groups is 1. The van der Waals surface area contributed by atoms with E-state index in [4.69, 9.17) is 0 Å². The average molecular weight is 356 g/mol. The number of aromatic nitrogens is 3. The first-order chi connectivity index (χ1) is 12.0. The molecule has 1 heterocycles. The van der Waals surface area contributed by atoms with Gasteiger partial charge in [-0.1, -0.05) is 36.0 Å². The van der Waals surface area contributed by atoms with Gasteiger partial charge >= 0.3 is 0 Å². The van der Waals surface area contributed by atoms with Gasteiger partial charge in [0.2, 0.25) is 5.91 Å². The number of hydrogen-bond acceptors (Lipinski definition) is 4. The van der Waals surface area contributed by atoms with Crippen molar-refractivity contribution in [1.29, 1.82) is 0 Å². The summed E-state index contributed by atoms with van der Waals surface area (Å²) in [5.74, 6) is -0.419. The minimum Gasteiger partial charge on any atom is -0.325 e. The molecule has 1 N–H and O–H groups in total. The highest BCUT2D eigenvalue weighted by Gasteiger charge is 2.12. The second kappa shape index (κ2) is 7.48. The van der Waals surface area contributed by atoms with E-state index < -0.39 is 0 Å². The lowest BCUT2D eigenvalue weighted by atomic mass is 10.2. The number of benzene rings is 2. The van der Waals surface area contributed by atoms with Gasteiger partial charge in [-0.15, -0.1) is 10.2 Å². The smallest absolute Gasteiger partial charge is 0.234 e. The van der Waals surface area contributed by atoms with E-state index >= 15 is 0 Å². The molecular weight excluding hydrogens is 339 g/mol. The van der Waals surface area contributed by atoms with E-state index in [0.29, 0.717) is 16.4 Å². The Morgan fingerprint density at radius 1 is 1.20 bits per heavy atom. The van der Waals surface area contributed by atoms with E-state index in [1.165, 1.54) is 17.8 Å². The second-order valence-corrected chi connectivity index (χ2v) is 6.51. The van der Waals surface area contributed by atoms with Gasteiger partial charge in [0.05, 0.1) is 11.4 Å². The van der Waals surface area contributed by atoms with Crippen LogP contribution in [0.1, 0.15) is 11.1 Å². The van der Waals surface area contributed by atoms with Gasteiger partial charge in [-0.25, -0.2) is 4.39 Å². The molecule has 5 nitrogen and oxygen atoms in total. The van der Waals surface area contributed by atoms with Gasteiger partial charge in [-0.2, -0.15) is 0 Å². The normalized spacial score (nSPS) is 10.7. The van der Waals surface area contributed by atoms with Crippen LogP contribution in [0.4, 0.5) is 10.1 Å². The summed E-state index contributed by atoms with van der Waals surface area (Å²) in [6.07, 6.45) is 1.62. The molecule has 25 heavy (non-hydrogen) atoms. The number of carbonyl (C=O) groups is 1. The molecule has 128 valence electrons. The predicted octanol–water partition coefficient (Wildman–Crippen LogP) is 3.75. The number of para-hydroxylation sites is 1. The van der Waals surface area contributed by atoms with Crippen molar-refractivity contribution < 1.29 is 9.18 Å². The molecule has 0 radical (unpaired) electrons. The first-order valence-corrected chi connectivity index (χ1v) is 8.68. The van der Waals surface area contributed by atoms with Crippen molar-refractivity contribution in [2.45, 2.75) is 19.0 Å². The molecule has 0 atom stereocenters. The van der Waals surface area contributed by atoms with Crippen LogP contribution in [0.5, 0.6) is 0 Å². The van der Waals surface area contributed by atoms with E-state index in [2.05, 4.69) is 15.5 Å². The molecule has 0 aliphatic heterocycles. The summed E-state index contributed by atoms with van der Waals surface area (Å²) in [7, 11) is 0. The molecular formula is C18H17FN4OS. The molecule has 0 bridgehead atoms. The fourth-order valence-corrected chi connectivity index (χ4v) is 3.04. The molecule has 3 aromatic rings. The molecule has 0 aliphatic carbocycles. The maximum atomic E-state index is 13.5. The molecule has 7 heteroatoms. The molecule has 2 aromatic carbocycles. The zero-order chi connectivity index (χ0) is 17.8. The SMILES string of the molecule is Cc1ccc(NC(=O)CSc2nncn2-c2ccccc2C)cc1F. The molecule has 1 amide bonds. The number of nitrogens with zero attached hydrogens (tertiary/aromatic N) is 3. The van der Waals surface area contributed by atoms with E-state index in [1.807, 2.05) is 35.8 Å². The van der Waals surface area contributed by atoms with Crippen LogP contribution in [0.2, 0.25) is 0 Å². The Morgan fingerprint density at radius 3 is 2.76 bits per heavy atom. The van der Waals surface area contributed by atoms with Gasteiger partial charge < -0.3 is 5.32 Å². The van der Waals surface area contributed by atoms with Crippen molar-refractivity contribution in [3.63, 3.8) is 0 Å². The number of halogens is 1. The Kier molecular flexibility index (Phi) is 5.14. The highest BCUT2D eigenvalue weighted by Crippen LogP contribution is 2.22. The van der Waals surface area contributed by atoms with E-state index in [-0.39, 0.29) is 17.5 Å². The maximum absolute atomic E-state index is 13.5. The van der Waals surface area contributed by atoms with Gasteiger partial charge in [-0.3, -0.25) is 9.36 Å². The summed E-state index contributed by atoms with van der Waals surface area (Å²) >= 11 is 1.28. The Bertz CT molecular complexity index is 910. The van der Waals surface area contributed by atoms with Gasteiger partial charge in [0.25, 0.3) is 0 Å². The third-order valence-corrected chi connectivity index (χ3v) is 4.62. The first kappa shape index (κ1) is 17.2.